The predicted octanol–water partition coefficient (Wildman–Crippen LogP) is 2.60. The highest BCUT2D eigenvalue weighted by Gasteiger charge is 2.16. The summed E-state index contributed by atoms with van der Waals surface area (Å²) in [6, 6.07) is 6.86. The van der Waals surface area contributed by atoms with Gasteiger partial charge in [-0.15, -0.1) is 11.3 Å². The largest absolute Gasteiger partial charge is 0.391 e. The molecule has 0 amide bonds. The molecule has 0 radical (unpaired) electrons. The van der Waals surface area contributed by atoms with Crippen molar-refractivity contribution in [1.82, 2.24) is 0 Å². The fraction of sp³-hybridized carbons (Fsp3) is 0.529. The van der Waals surface area contributed by atoms with Crippen LogP contribution in [-0.2, 0) is 12.0 Å². The Kier molecular flexibility index (Phi) is 4.84. The van der Waals surface area contributed by atoms with Crippen LogP contribution < -0.4 is 4.90 Å². The van der Waals surface area contributed by atoms with Crippen LogP contribution in [0.3, 0.4) is 0 Å². The first-order chi connectivity index (χ1) is 9.45. The van der Waals surface area contributed by atoms with Crippen LogP contribution in [0.2, 0.25) is 0 Å². The second-order valence-corrected chi connectivity index (χ2v) is 7.39. The number of likely N-dealkylation sites (N-methyl/N-ethyl adjacent to an activating group) is 1. The average molecular weight is 292 g/mol. The number of aliphatic hydroxyl groups excluding tert-OH is 1. The normalized spacial score (nSPS) is 13.8. The summed E-state index contributed by atoms with van der Waals surface area (Å²) in [5.74, 6) is 0. The lowest BCUT2D eigenvalue weighted by molar-refractivity contribution is -0.912. The Hall–Kier alpha value is -0.900. The zero-order valence-electron chi connectivity index (χ0n) is 13.0. The number of fused-ring (bicyclic) bond motifs is 1. The van der Waals surface area contributed by atoms with Crippen molar-refractivity contribution in [2.45, 2.75) is 39.7 Å². The SMILES string of the molecule is CC[NH+](CCO)Cc1csc2ccc(C(C)(C)C)cc12. The van der Waals surface area contributed by atoms with Crippen molar-refractivity contribution in [2.24, 2.45) is 0 Å². The summed E-state index contributed by atoms with van der Waals surface area (Å²) in [7, 11) is 0. The third-order valence-corrected chi connectivity index (χ3v) is 4.94. The molecule has 2 N–H and O–H groups in total. The summed E-state index contributed by atoms with van der Waals surface area (Å²) >= 11 is 1.83. The predicted molar refractivity (Wildman–Crippen MR) is 87.7 cm³/mol. The van der Waals surface area contributed by atoms with Crippen molar-refractivity contribution in [2.75, 3.05) is 19.7 Å². The van der Waals surface area contributed by atoms with Crippen LogP contribution in [0.25, 0.3) is 10.1 Å². The zero-order valence-corrected chi connectivity index (χ0v) is 13.8. The molecule has 0 saturated carbocycles. The Morgan fingerprint density at radius 2 is 2.00 bits per heavy atom. The molecule has 2 rings (SSSR count). The molecule has 2 nitrogen and oxygen atoms in total. The van der Waals surface area contributed by atoms with Gasteiger partial charge in [0.1, 0.15) is 13.1 Å². The first-order valence-electron chi connectivity index (χ1n) is 7.40. The van der Waals surface area contributed by atoms with Gasteiger partial charge in [-0.25, -0.2) is 0 Å². The van der Waals surface area contributed by atoms with E-state index in [0.29, 0.717) is 0 Å². The molecule has 0 saturated heterocycles. The summed E-state index contributed by atoms with van der Waals surface area (Å²) < 4.78 is 1.37. The van der Waals surface area contributed by atoms with E-state index in [-0.39, 0.29) is 12.0 Å². The number of thiophene rings is 1. The molecular weight excluding hydrogens is 266 g/mol. The molecular formula is C17H26NOS+. The highest BCUT2D eigenvalue weighted by atomic mass is 32.1. The van der Waals surface area contributed by atoms with E-state index in [1.165, 1.54) is 26.1 Å². The van der Waals surface area contributed by atoms with Gasteiger partial charge in [-0.05, 0) is 30.0 Å². The molecule has 1 aromatic heterocycles. The standard InChI is InChI=1S/C17H25NOS/c1-5-18(8-9-19)11-13-12-20-16-7-6-14(10-15(13)16)17(2,3)4/h6-7,10,12,19H,5,8-9,11H2,1-4H3/p+1. The van der Waals surface area contributed by atoms with Crippen LogP contribution in [0.15, 0.2) is 23.6 Å². The maximum atomic E-state index is 9.14. The fourth-order valence-electron chi connectivity index (χ4n) is 2.50. The lowest BCUT2D eigenvalue weighted by Gasteiger charge is -2.20. The van der Waals surface area contributed by atoms with Crippen LogP contribution >= 0.6 is 11.3 Å². The first-order valence-corrected chi connectivity index (χ1v) is 8.28. The molecule has 2 aromatic rings. The van der Waals surface area contributed by atoms with Gasteiger partial charge in [0.15, 0.2) is 0 Å². The van der Waals surface area contributed by atoms with E-state index in [9.17, 15) is 0 Å². The molecule has 1 atom stereocenters. The zero-order chi connectivity index (χ0) is 14.8. The Morgan fingerprint density at radius 1 is 1.25 bits per heavy atom. The van der Waals surface area contributed by atoms with Crippen molar-refractivity contribution in [1.29, 1.82) is 0 Å². The number of nitrogens with one attached hydrogen (secondary N) is 1. The monoisotopic (exact) mass is 292 g/mol. The van der Waals surface area contributed by atoms with E-state index in [1.54, 1.807) is 0 Å². The first kappa shape index (κ1) is 15.5. The number of hydrogen-bond acceptors (Lipinski definition) is 2. The average Bonchev–Trinajstić information content (AvgIpc) is 2.79. The van der Waals surface area contributed by atoms with Gasteiger partial charge >= 0.3 is 0 Å². The van der Waals surface area contributed by atoms with Gasteiger partial charge in [0.2, 0.25) is 0 Å². The summed E-state index contributed by atoms with van der Waals surface area (Å²) in [5, 5.41) is 12.8. The maximum Gasteiger partial charge on any atom is 0.104 e. The molecule has 0 aliphatic carbocycles. The molecule has 1 unspecified atom stereocenters. The van der Waals surface area contributed by atoms with Crippen LogP contribution in [0.4, 0.5) is 0 Å². The van der Waals surface area contributed by atoms with Crippen LogP contribution in [0.5, 0.6) is 0 Å². The van der Waals surface area contributed by atoms with Crippen LogP contribution in [0, 0.1) is 0 Å². The van der Waals surface area contributed by atoms with Gasteiger partial charge in [0.05, 0.1) is 13.2 Å². The second kappa shape index (κ2) is 6.25. The molecule has 0 aliphatic rings. The lowest BCUT2D eigenvalue weighted by Crippen LogP contribution is -3.10. The van der Waals surface area contributed by atoms with Crippen molar-refractivity contribution in [3.05, 3.63) is 34.7 Å². The molecule has 110 valence electrons. The molecule has 0 spiro atoms. The van der Waals surface area contributed by atoms with Crippen molar-refractivity contribution in [3.63, 3.8) is 0 Å². The van der Waals surface area contributed by atoms with Gasteiger partial charge < -0.3 is 10.0 Å². The van der Waals surface area contributed by atoms with Crippen molar-refractivity contribution >= 4 is 21.4 Å². The number of hydrogen-bond donors (Lipinski definition) is 2. The summed E-state index contributed by atoms with van der Waals surface area (Å²) in [6.07, 6.45) is 0. The molecule has 0 aliphatic heterocycles. The van der Waals surface area contributed by atoms with Crippen molar-refractivity contribution < 1.29 is 10.0 Å². The fourth-order valence-corrected chi connectivity index (χ4v) is 3.45. The summed E-state index contributed by atoms with van der Waals surface area (Å²) in [6.45, 7) is 12.1. The molecule has 1 heterocycles. The highest BCUT2D eigenvalue weighted by molar-refractivity contribution is 7.17. The van der Waals surface area contributed by atoms with Crippen LogP contribution in [0.1, 0.15) is 38.8 Å². The lowest BCUT2D eigenvalue weighted by atomic mass is 9.86. The maximum absolute atomic E-state index is 9.14. The van der Waals surface area contributed by atoms with E-state index in [2.05, 4.69) is 51.3 Å². The molecule has 20 heavy (non-hydrogen) atoms. The van der Waals surface area contributed by atoms with E-state index < -0.39 is 0 Å². The minimum absolute atomic E-state index is 0.190. The topological polar surface area (TPSA) is 24.7 Å². The van der Waals surface area contributed by atoms with Gasteiger partial charge in [-0.2, -0.15) is 0 Å². The third-order valence-electron chi connectivity index (χ3n) is 3.93. The minimum atomic E-state index is 0.190. The number of quaternary nitrogens is 1. The molecule has 0 bridgehead atoms. The van der Waals surface area contributed by atoms with E-state index >= 15 is 0 Å². The molecule has 3 heteroatoms. The Labute approximate surface area is 126 Å². The number of benzene rings is 1. The number of rotatable bonds is 5. The van der Waals surface area contributed by atoms with Crippen molar-refractivity contribution in [3.8, 4) is 0 Å². The van der Waals surface area contributed by atoms with E-state index in [4.69, 9.17) is 5.11 Å². The van der Waals surface area contributed by atoms with Gasteiger partial charge in [0, 0.05) is 21.0 Å². The van der Waals surface area contributed by atoms with Gasteiger partial charge in [0.25, 0.3) is 0 Å². The van der Waals surface area contributed by atoms with Crippen LogP contribution in [-0.4, -0.2) is 24.8 Å². The Morgan fingerprint density at radius 3 is 2.60 bits per heavy atom. The minimum Gasteiger partial charge on any atom is -0.391 e. The van der Waals surface area contributed by atoms with Gasteiger partial charge in [-0.1, -0.05) is 26.8 Å². The van der Waals surface area contributed by atoms with E-state index in [0.717, 1.165) is 19.6 Å². The molecule has 1 aromatic carbocycles. The smallest absolute Gasteiger partial charge is 0.104 e. The Balaban J connectivity index is 2.34. The van der Waals surface area contributed by atoms with Gasteiger partial charge in [-0.3, -0.25) is 0 Å². The third kappa shape index (κ3) is 3.40. The molecule has 0 fully saturated rings. The second-order valence-electron chi connectivity index (χ2n) is 6.48. The quantitative estimate of drug-likeness (QED) is 0.870. The Bertz CT molecular complexity index is 568. The highest BCUT2D eigenvalue weighted by Crippen LogP contribution is 2.31. The summed E-state index contributed by atoms with van der Waals surface area (Å²) in [5.41, 5.74) is 3.00. The number of aliphatic hydroxyl groups is 1. The van der Waals surface area contributed by atoms with E-state index in [1.807, 2.05) is 11.3 Å². The summed E-state index contributed by atoms with van der Waals surface area (Å²) in [4.78, 5) is 1.44.